The lowest BCUT2D eigenvalue weighted by Crippen LogP contribution is -2.48. The van der Waals surface area contributed by atoms with Crippen LogP contribution < -0.4 is 47.9 Å². The molecular weight excluding hydrogens is 1480 g/mol. The van der Waals surface area contributed by atoms with Crippen LogP contribution in [-0.4, -0.2) is 207 Å². The molecule has 23 nitrogen and oxygen atoms in total. The Labute approximate surface area is 666 Å². The summed E-state index contributed by atoms with van der Waals surface area (Å²) in [5.41, 5.74) is 7.42. The van der Waals surface area contributed by atoms with Gasteiger partial charge in [-0.25, -0.2) is 4.79 Å². The highest BCUT2D eigenvalue weighted by Crippen LogP contribution is 2.38. The van der Waals surface area contributed by atoms with Crippen molar-refractivity contribution < 1.29 is 60.2 Å². The van der Waals surface area contributed by atoms with E-state index < -0.39 is 69.1 Å². The fourth-order valence-corrected chi connectivity index (χ4v) is 14.3. The lowest BCUT2D eigenvalue weighted by molar-refractivity contribution is -0.138. The summed E-state index contributed by atoms with van der Waals surface area (Å²) in [4.78, 5) is 104. The number of aliphatic carboxylic acids is 1. The number of likely N-dealkylation sites (N-methyl/N-ethyl adjacent to an activating group) is 2. The molecular formula is C85H118F6N14O9. The quantitative estimate of drug-likeness (QED) is 0.0140. The molecule has 0 aliphatic carbocycles. The Kier molecular flexibility index (Phi) is 35.9. The number of hydrogen-bond acceptors (Lipinski definition) is 16. The number of hydrogen-bond donors (Lipinski definition) is 8. The van der Waals surface area contributed by atoms with Crippen molar-refractivity contribution in [3.63, 3.8) is 0 Å². The molecule has 9 N–H and O–H groups in total. The zero-order valence-electron chi connectivity index (χ0n) is 67.0. The van der Waals surface area contributed by atoms with Crippen molar-refractivity contribution in [3.8, 4) is 22.3 Å². The highest BCUT2D eigenvalue weighted by Gasteiger charge is 2.38. The van der Waals surface area contributed by atoms with E-state index in [1.807, 2.05) is 94.4 Å². The Morgan fingerprint density at radius 2 is 0.886 bits per heavy atom. The summed E-state index contributed by atoms with van der Waals surface area (Å²) in [7, 11) is 4.06. The second kappa shape index (κ2) is 45.2. The number of aromatic nitrogens is 2. The van der Waals surface area contributed by atoms with Crippen LogP contribution >= 0.6 is 0 Å². The molecule has 4 fully saturated rings. The summed E-state index contributed by atoms with van der Waals surface area (Å²) in [6.45, 7) is 21.5. The lowest BCUT2D eigenvalue weighted by atomic mass is 10.0. The molecule has 29 heteroatoms. The highest BCUT2D eigenvalue weighted by atomic mass is 19.4. The van der Waals surface area contributed by atoms with Gasteiger partial charge in [-0.2, -0.15) is 26.3 Å². The monoisotopic (exact) mass is 1590 g/mol. The van der Waals surface area contributed by atoms with E-state index in [4.69, 9.17) is 15.6 Å². The third kappa shape index (κ3) is 30.6. The van der Waals surface area contributed by atoms with Crippen LogP contribution in [0.15, 0.2) is 119 Å². The van der Waals surface area contributed by atoms with Crippen molar-refractivity contribution in [1.29, 1.82) is 0 Å². The van der Waals surface area contributed by atoms with E-state index in [2.05, 4.69) is 84.9 Å². The first kappa shape index (κ1) is 90.4. The summed E-state index contributed by atoms with van der Waals surface area (Å²) < 4.78 is 87.6. The molecule has 6 aromatic rings. The maximum atomic E-state index is 13.8. The van der Waals surface area contributed by atoms with Crippen LogP contribution in [0.2, 0.25) is 0 Å². The minimum Gasteiger partial charge on any atom is -0.481 e. The van der Waals surface area contributed by atoms with Crippen LogP contribution in [0, 0.1) is 0 Å². The molecule has 4 aliphatic rings. The van der Waals surface area contributed by atoms with Crippen LogP contribution in [0.1, 0.15) is 179 Å². The molecule has 4 aromatic carbocycles. The van der Waals surface area contributed by atoms with Crippen LogP contribution in [0.4, 0.5) is 53.9 Å². The Bertz CT molecular complexity index is 4160. The van der Waals surface area contributed by atoms with Crippen LogP contribution in [-0.2, 0) is 39.8 Å². The van der Waals surface area contributed by atoms with Gasteiger partial charge in [0, 0.05) is 162 Å². The number of alkyl halides is 6. The summed E-state index contributed by atoms with van der Waals surface area (Å²) in [5.74, 6) is -2.36. The van der Waals surface area contributed by atoms with Crippen molar-refractivity contribution in [3.05, 3.63) is 164 Å². The van der Waals surface area contributed by atoms with Gasteiger partial charge in [0.2, 0.25) is 17.0 Å². The van der Waals surface area contributed by atoms with Gasteiger partial charge in [-0.05, 0) is 137 Å². The Balaban J connectivity index is 0.000000234. The maximum absolute atomic E-state index is 13.8. The molecule has 4 aliphatic heterocycles. The Morgan fingerprint density at radius 3 is 1.31 bits per heavy atom. The number of benzene rings is 4. The number of alkyl carbamates (subject to hydrolysis) is 1. The van der Waals surface area contributed by atoms with Gasteiger partial charge in [0.05, 0.1) is 45.0 Å². The number of unbranched alkanes of at least 4 members (excludes halogenated alkanes) is 14. The molecule has 0 saturated carbocycles. The van der Waals surface area contributed by atoms with Crippen molar-refractivity contribution in [2.45, 2.75) is 167 Å². The molecule has 0 radical (unpaired) electrons. The number of carboxylic acid groups (broad SMARTS) is 1. The van der Waals surface area contributed by atoms with Crippen molar-refractivity contribution in [2.75, 3.05) is 152 Å². The molecule has 0 atom stereocenters. The molecule has 624 valence electrons. The third-order valence-electron chi connectivity index (χ3n) is 20.7. The van der Waals surface area contributed by atoms with Gasteiger partial charge in [-0.3, -0.25) is 38.6 Å². The highest BCUT2D eigenvalue weighted by molar-refractivity contribution is 6.08. The number of pyridine rings is 2. The number of rotatable bonds is 33. The number of piperazine rings is 4. The predicted molar refractivity (Wildman–Crippen MR) is 437 cm³/mol. The number of halogens is 6. The first-order valence-corrected chi connectivity index (χ1v) is 40.4. The smallest absolute Gasteiger partial charge is 0.417 e. The van der Waals surface area contributed by atoms with Gasteiger partial charge in [0.15, 0.2) is 0 Å². The number of nitrogens with zero attached hydrogens (tertiary/aromatic N) is 7. The van der Waals surface area contributed by atoms with Gasteiger partial charge in [0.25, 0.3) is 11.8 Å². The van der Waals surface area contributed by atoms with E-state index in [-0.39, 0.29) is 18.4 Å². The van der Waals surface area contributed by atoms with E-state index >= 15 is 0 Å². The Hall–Kier alpha value is -9.13. The number of carboxylic acids is 1. The van der Waals surface area contributed by atoms with E-state index in [9.17, 15) is 59.9 Å². The van der Waals surface area contributed by atoms with Crippen LogP contribution in [0.5, 0.6) is 0 Å². The van der Waals surface area contributed by atoms with Crippen molar-refractivity contribution >= 4 is 52.5 Å². The standard InChI is InChI=1S/C40H54F3N7O3.C29H33F3N6O2.C16H31NO4/c1-47-17-21-49(22-18-47)36-15-14-32(26-35(36)46-39(53)33-28-45-37(51)27-34(33)40(41,42)43)31-12-10-11-30(25-31)29-48-19-23-50(24-20-48)38(52)13-8-6-4-2-3-5-7-9-16-44;1-36-11-13-38(14-12-36)26-6-5-22(21-4-2-3-20(15-21)19-37-9-7-33-8-10-37)16-25(26)35-28(40)23-18-34-27(39)17-24(23)29(30,31)32;1-16(2,3)21-15(20)17-13-11-9-7-5-4-6-8-10-12-14(18)19/h10-12,14-15,25-28H,2-9,13,16-24,29,44H2,1H3,(H,45,51)(H,46,53);2-6,15-18,33H,7-14,19H2,1H3,(H,34,39)(H,35,40);4-13H2,1-3H3,(H,17,20)(H,18,19). The minimum absolute atomic E-state index is 0.243. The van der Waals surface area contributed by atoms with Gasteiger partial charge in [-0.1, -0.05) is 126 Å². The molecule has 0 spiro atoms. The van der Waals surface area contributed by atoms with Crippen molar-refractivity contribution in [1.82, 2.24) is 45.1 Å². The average molecular weight is 1590 g/mol. The molecule has 10 rings (SSSR count). The summed E-state index contributed by atoms with van der Waals surface area (Å²) >= 11 is 0. The molecule has 2 aromatic heterocycles. The number of anilines is 4. The molecule has 4 saturated heterocycles. The van der Waals surface area contributed by atoms with E-state index in [1.165, 1.54) is 44.9 Å². The van der Waals surface area contributed by atoms with E-state index in [1.54, 1.807) is 6.07 Å². The summed E-state index contributed by atoms with van der Waals surface area (Å²) in [5, 5.41) is 20.1. The predicted octanol–water partition coefficient (Wildman–Crippen LogP) is 13.8. The number of carbonyl (C=O) groups is 5. The van der Waals surface area contributed by atoms with Crippen LogP contribution in [0.3, 0.4) is 0 Å². The average Bonchev–Trinajstić information content (AvgIpc) is 0.796. The number of aromatic amines is 2. The summed E-state index contributed by atoms with van der Waals surface area (Å²) in [6, 6.07) is 28.5. The molecule has 114 heavy (non-hydrogen) atoms. The fraction of sp³-hybridized carbons (Fsp3) is 0.541. The fourth-order valence-electron chi connectivity index (χ4n) is 14.3. The number of ether oxygens (including phenoxy) is 1. The normalized spacial score (nSPS) is 15.5. The minimum atomic E-state index is -4.88. The maximum Gasteiger partial charge on any atom is 0.417 e. The molecule has 6 heterocycles. The Morgan fingerprint density at radius 1 is 0.482 bits per heavy atom. The van der Waals surface area contributed by atoms with Gasteiger partial charge >= 0.3 is 24.4 Å². The SMILES string of the molecule is CC(C)(C)OC(=O)NCCCCCCCCCCC(=O)O.CN1CCN(c2ccc(-c3cccc(CN4CCN(C(=O)CCCCCCCCCCN)CC4)c3)cc2NC(=O)c2c[nH]c(=O)cc2C(F)(F)F)CC1.CN1CCN(c2ccc(-c3cccc(CN4CCNCC4)c3)cc2NC(=O)c2c[nH]c(=O)cc2C(F)(F)F)CC1. The zero-order chi connectivity index (χ0) is 82.2. The lowest BCUT2D eigenvalue weighted by Gasteiger charge is -2.35. The number of carbonyl (C=O) groups excluding carboxylic acids is 4. The molecule has 0 unspecified atom stereocenters. The van der Waals surface area contributed by atoms with Gasteiger partial charge in [-0.15, -0.1) is 0 Å². The topological polar surface area (TPSA) is 277 Å². The second-order valence-corrected chi connectivity index (χ2v) is 31.0. The number of nitrogens with one attached hydrogen (secondary N) is 6. The van der Waals surface area contributed by atoms with Crippen molar-refractivity contribution in [2.24, 2.45) is 5.73 Å². The van der Waals surface area contributed by atoms with E-state index in [0.717, 1.165) is 194 Å². The second-order valence-electron chi connectivity index (χ2n) is 31.0. The van der Waals surface area contributed by atoms with E-state index in [0.29, 0.717) is 81.4 Å². The molecule has 0 bridgehead atoms. The third-order valence-corrected chi connectivity index (χ3v) is 20.7. The van der Waals surface area contributed by atoms with Gasteiger partial charge < -0.3 is 71.3 Å². The van der Waals surface area contributed by atoms with Crippen LogP contribution in [0.25, 0.3) is 22.3 Å². The number of H-pyrrole nitrogens is 2. The number of amides is 4. The first-order chi connectivity index (χ1) is 54.5. The molecule has 4 amide bonds. The number of nitrogens with two attached hydrogens (primary N) is 1. The van der Waals surface area contributed by atoms with Gasteiger partial charge in [0.1, 0.15) is 5.60 Å². The largest absolute Gasteiger partial charge is 0.481 e. The zero-order valence-corrected chi connectivity index (χ0v) is 67.0. The first-order valence-electron chi connectivity index (χ1n) is 40.4. The summed E-state index contributed by atoms with van der Waals surface area (Å²) in [6.07, 6.45) is 10.2.